The molecule has 2 aromatic rings. The molecule has 2 atom stereocenters. The quantitative estimate of drug-likeness (QED) is 0.821. The van der Waals surface area contributed by atoms with E-state index in [1.165, 1.54) is 0 Å². The van der Waals surface area contributed by atoms with Gasteiger partial charge in [-0.15, -0.1) is 0 Å². The Balaban J connectivity index is 1.97. The molecule has 0 aliphatic rings. The number of aryl methyl sites for hydroxylation is 1. The number of carbonyl (C=O) groups excluding carboxylic acids is 1. The fourth-order valence-corrected chi connectivity index (χ4v) is 2.44. The fourth-order valence-electron chi connectivity index (χ4n) is 2.44. The lowest BCUT2D eigenvalue weighted by molar-refractivity contribution is -0.126. The summed E-state index contributed by atoms with van der Waals surface area (Å²) in [4.78, 5) is 12.5. The van der Waals surface area contributed by atoms with Crippen LogP contribution < -0.4 is 15.8 Å². The minimum absolute atomic E-state index is 0.0957. The van der Waals surface area contributed by atoms with Crippen LogP contribution in [0.25, 0.3) is 0 Å². The van der Waals surface area contributed by atoms with Gasteiger partial charge in [0, 0.05) is 0 Å². The van der Waals surface area contributed by atoms with Gasteiger partial charge in [-0.1, -0.05) is 55.5 Å². The first-order valence-corrected chi connectivity index (χ1v) is 8.30. The molecule has 2 rings (SSSR count). The van der Waals surface area contributed by atoms with Gasteiger partial charge in [-0.05, 0) is 37.5 Å². The number of amides is 1. The summed E-state index contributed by atoms with van der Waals surface area (Å²) in [5, 5.41) is 2.92. The second kappa shape index (κ2) is 7.97. The van der Waals surface area contributed by atoms with E-state index in [1.807, 2.05) is 68.4 Å². The zero-order valence-corrected chi connectivity index (χ0v) is 14.6. The van der Waals surface area contributed by atoms with E-state index in [-0.39, 0.29) is 12.0 Å². The zero-order valence-electron chi connectivity index (χ0n) is 14.6. The highest BCUT2D eigenvalue weighted by Crippen LogP contribution is 2.20. The number of nitrogens with one attached hydrogen (secondary N) is 1. The predicted molar refractivity (Wildman–Crippen MR) is 96.9 cm³/mol. The van der Waals surface area contributed by atoms with E-state index in [1.54, 1.807) is 6.92 Å². The van der Waals surface area contributed by atoms with Crippen molar-refractivity contribution >= 4 is 5.91 Å². The van der Waals surface area contributed by atoms with Crippen molar-refractivity contribution in [3.63, 3.8) is 0 Å². The summed E-state index contributed by atoms with van der Waals surface area (Å²) in [5.41, 5.74) is 7.03. The lowest BCUT2D eigenvalue weighted by Gasteiger charge is -2.26. The van der Waals surface area contributed by atoms with Crippen molar-refractivity contribution in [2.45, 2.75) is 38.8 Å². The Labute approximate surface area is 144 Å². The van der Waals surface area contributed by atoms with Crippen LogP contribution in [0.3, 0.4) is 0 Å². The molecule has 0 aliphatic heterocycles. The van der Waals surface area contributed by atoms with Gasteiger partial charge in [-0.25, -0.2) is 0 Å². The largest absolute Gasteiger partial charge is 0.488 e. The van der Waals surface area contributed by atoms with Crippen LogP contribution in [-0.2, 0) is 10.3 Å². The van der Waals surface area contributed by atoms with Gasteiger partial charge in [0.05, 0.1) is 6.54 Å². The molecule has 2 unspecified atom stereocenters. The van der Waals surface area contributed by atoms with Crippen molar-refractivity contribution in [3.05, 3.63) is 65.7 Å². The molecule has 0 saturated carbocycles. The summed E-state index contributed by atoms with van der Waals surface area (Å²) in [5.74, 6) is 0.637. The van der Waals surface area contributed by atoms with Crippen LogP contribution in [0.5, 0.6) is 5.75 Å². The van der Waals surface area contributed by atoms with Gasteiger partial charge in [-0.3, -0.25) is 4.79 Å². The van der Waals surface area contributed by atoms with E-state index in [0.29, 0.717) is 6.54 Å². The van der Waals surface area contributed by atoms with Gasteiger partial charge in [0.1, 0.15) is 17.4 Å². The van der Waals surface area contributed by atoms with Gasteiger partial charge >= 0.3 is 0 Å². The molecular weight excluding hydrogens is 300 g/mol. The third kappa shape index (κ3) is 4.36. The molecule has 0 fully saturated rings. The van der Waals surface area contributed by atoms with E-state index < -0.39 is 5.54 Å². The van der Waals surface area contributed by atoms with Gasteiger partial charge in [0.15, 0.2) is 0 Å². The first-order chi connectivity index (χ1) is 11.4. The Morgan fingerprint density at radius 3 is 2.42 bits per heavy atom. The molecule has 4 nitrogen and oxygen atoms in total. The smallest absolute Gasteiger partial charge is 0.244 e. The molecule has 0 bridgehead atoms. The third-order valence-corrected chi connectivity index (χ3v) is 4.18. The first-order valence-electron chi connectivity index (χ1n) is 8.30. The van der Waals surface area contributed by atoms with Gasteiger partial charge in [-0.2, -0.15) is 0 Å². The molecule has 0 aliphatic carbocycles. The van der Waals surface area contributed by atoms with Crippen LogP contribution in [0.4, 0.5) is 0 Å². The van der Waals surface area contributed by atoms with Crippen molar-refractivity contribution < 1.29 is 9.53 Å². The van der Waals surface area contributed by atoms with Gasteiger partial charge < -0.3 is 15.8 Å². The van der Waals surface area contributed by atoms with E-state index >= 15 is 0 Å². The summed E-state index contributed by atoms with van der Waals surface area (Å²) in [7, 11) is 0. The van der Waals surface area contributed by atoms with Crippen LogP contribution in [0.1, 0.15) is 31.4 Å². The van der Waals surface area contributed by atoms with Gasteiger partial charge in [0.2, 0.25) is 5.91 Å². The number of ether oxygens (including phenoxy) is 1. The van der Waals surface area contributed by atoms with Crippen molar-refractivity contribution in [1.29, 1.82) is 0 Å². The number of benzene rings is 2. The Morgan fingerprint density at radius 2 is 1.79 bits per heavy atom. The zero-order chi connectivity index (χ0) is 17.6. The fraction of sp³-hybridized carbons (Fsp3) is 0.350. The van der Waals surface area contributed by atoms with Crippen molar-refractivity contribution in [2.75, 3.05) is 6.54 Å². The predicted octanol–water partition coefficient (Wildman–Crippen LogP) is 3.14. The Morgan fingerprint density at radius 1 is 1.17 bits per heavy atom. The lowest BCUT2D eigenvalue weighted by atomic mass is 9.92. The van der Waals surface area contributed by atoms with Crippen LogP contribution in [0.15, 0.2) is 54.6 Å². The number of para-hydroxylation sites is 1. The maximum Gasteiger partial charge on any atom is 0.244 e. The number of nitrogens with two attached hydrogens (primary N) is 1. The van der Waals surface area contributed by atoms with E-state index in [2.05, 4.69) is 5.32 Å². The summed E-state index contributed by atoms with van der Waals surface area (Å²) >= 11 is 0. The SMILES string of the molecule is CCC(CNC(=O)C(C)(N)c1ccccc1)Oc1ccccc1C. The molecule has 0 saturated heterocycles. The molecule has 4 heteroatoms. The van der Waals surface area contributed by atoms with Crippen LogP contribution in [-0.4, -0.2) is 18.6 Å². The highest BCUT2D eigenvalue weighted by Gasteiger charge is 2.30. The maximum absolute atomic E-state index is 12.5. The second-order valence-electron chi connectivity index (χ2n) is 6.19. The molecule has 0 aromatic heterocycles. The number of rotatable bonds is 7. The minimum Gasteiger partial charge on any atom is -0.488 e. The lowest BCUT2D eigenvalue weighted by Crippen LogP contribution is -2.51. The van der Waals surface area contributed by atoms with E-state index in [4.69, 9.17) is 10.5 Å². The van der Waals surface area contributed by atoms with Crippen molar-refractivity contribution in [2.24, 2.45) is 5.73 Å². The first kappa shape index (κ1) is 18.0. The third-order valence-electron chi connectivity index (χ3n) is 4.18. The highest BCUT2D eigenvalue weighted by molar-refractivity contribution is 5.87. The molecule has 2 aromatic carbocycles. The number of hydrogen-bond donors (Lipinski definition) is 2. The molecule has 24 heavy (non-hydrogen) atoms. The Kier molecular flexibility index (Phi) is 5.99. The monoisotopic (exact) mass is 326 g/mol. The molecule has 3 N–H and O–H groups in total. The van der Waals surface area contributed by atoms with Crippen molar-refractivity contribution in [3.8, 4) is 5.75 Å². The average molecular weight is 326 g/mol. The number of hydrogen-bond acceptors (Lipinski definition) is 3. The van der Waals surface area contributed by atoms with Crippen molar-refractivity contribution in [1.82, 2.24) is 5.32 Å². The summed E-state index contributed by atoms with van der Waals surface area (Å²) in [6, 6.07) is 17.3. The Hall–Kier alpha value is -2.33. The molecule has 0 heterocycles. The minimum atomic E-state index is -1.07. The number of carbonyl (C=O) groups is 1. The molecule has 0 radical (unpaired) electrons. The highest BCUT2D eigenvalue weighted by atomic mass is 16.5. The standard InChI is InChI=1S/C20H26N2O2/c1-4-17(24-18-13-9-8-10-15(18)2)14-22-19(23)20(3,21)16-11-6-5-7-12-16/h5-13,17H,4,14,21H2,1-3H3,(H,22,23). The summed E-state index contributed by atoms with van der Waals surface area (Å²) in [6.45, 7) is 6.19. The summed E-state index contributed by atoms with van der Waals surface area (Å²) in [6.07, 6.45) is 0.697. The van der Waals surface area contributed by atoms with Crippen LogP contribution in [0.2, 0.25) is 0 Å². The van der Waals surface area contributed by atoms with Crippen LogP contribution in [0, 0.1) is 6.92 Å². The van der Waals surface area contributed by atoms with Crippen LogP contribution >= 0.6 is 0 Å². The van der Waals surface area contributed by atoms with Gasteiger partial charge in [0.25, 0.3) is 0 Å². The Bertz CT molecular complexity index is 668. The average Bonchev–Trinajstić information content (AvgIpc) is 2.60. The van der Waals surface area contributed by atoms with E-state index in [9.17, 15) is 4.79 Å². The second-order valence-corrected chi connectivity index (χ2v) is 6.19. The molecule has 0 spiro atoms. The normalized spacial score (nSPS) is 14.5. The topological polar surface area (TPSA) is 64.4 Å². The molecule has 128 valence electrons. The molecule has 1 amide bonds. The maximum atomic E-state index is 12.5. The molecular formula is C20H26N2O2. The summed E-state index contributed by atoms with van der Waals surface area (Å²) < 4.78 is 6.01. The van der Waals surface area contributed by atoms with E-state index in [0.717, 1.165) is 23.3 Å².